The van der Waals surface area contributed by atoms with Crippen LogP contribution in [0.4, 0.5) is 5.82 Å². The van der Waals surface area contributed by atoms with Crippen LogP contribution in [0.3, 0.4) is 0 Å². The molecule has 1 aromatic carbocycles. The molecule has 4 heterocycles. The van der Waals surface area contributed by atoms with Crippen LogP contribution < -0.4 is 11.5 Å². The van der Waals surface area contributed by atoms with E-state index < -0.39 is 27.4 Å². The number of aromatic amines is 1. The summed E-state index contributed by atoms with van der Waals surface area (Å²) in [7, 11) is -2.26. The fourth-order valence-electron chi connectivity index (χ4n) is 5.65. The Balaban J connectivity index is 1.47. The van der Waals surface area contributed by atoms with Gasteiger partial charge in [-0.1, -0.05) is 23.4 Å². The second-order valence-corrected chi connectivity index (χ2v) is 12.2. The molecule has 3 atom stereocenters. The Morgan fingerprint density at radius 1 is 1.12 bits per heavy atom. The quantitative estimate of drug-likeness (QED) is 0.239. The van der Waals surface area contributed by atoms with E-state index in [0.717, 1.165) is 17.5 Å². The highest BCUT2D eigenvalue weighted by atomic mass is 32.2. The van der Waals surface area contributed by atoms with Crippen molar-refractivity contribution < 1.29 is 22.4 Å². The normalized spacial score (nSPS) is 19.4. The van der Waals surface area contributed by atoms with Gasteiger partial charge in [-0.3, -0.25) is 9.51 Å². The van der Waals surface area contributed by atoms with Gasteiger partial charge >= 0.3 is 5.76 Å². The van der Waals surface area contributed by atoms with E-state index in [1.54, 1.807) is 24.2 Å². The molecule has 0 bridgehead atoms. The molecule has 0 amide bonds. The summed E-state index contributed by atoms with van der Waals surface area (Å²) < 4.78 is 45.4. The molecule has 1 saturated carbocycles. The van der Waals surface area contributed by atoms with Crippen LogP contribution in [0, 0.1) is 0 Å². The molecule has 5 aromatic rings. The van der Waals surface area contributed by atoms with Gasteiger partial charge in [-0.2, -0.15) is 14.7 Å². The molecule has 0 radical (unpaired) electrons. The van der Waals surface area contributed by atoms with Crippen molar-refractivity contribution in [2.75, 3.05) is 32.3 Å². The highest BCUT2D eigenvalue weighted by molar-refractivity contribution is 7.91. The van der Waals surface area contributed by atoms with E-state index in [9.17, 15) is 13.2 Å². The predicted octanol–water partition coefficient (Wildman–Crippen LogP) is 2.33. The van der Waals surface area contributed by atoms with Crippen LogP contribution in [0.5, 0.6) is 0 Å². The third-order valence-electron chi connectivity index (χ3n) is 7.55. The number of H-pyrrole nitrogens is 1. The second kappa shape index (κ2) is 11.2. The largest absolute Gasteiger partial charge is 0.438 e. The molecule has 3 N–H and O–H groups in total. The lowest BCUT2D eigenvalue weighted by Gasteiger charge is -2.35. The van der Waals surface area contributed by atoms with Crippen molar-refractivity contribution in [2.45, 2.75) is 42.1 Å². The molecule has 14 nitrogen and oxygen atoms in total. The summed E-state index contributed by atoms with van der Waals surface area (Å²) in [4.78, 5) is 19.4. The van der Waals surface area contributed by atoms with Crippen molar-refractivity contribution >= 4 is 21.3 Å². The second-order valence-electron chi connectivity index (χ2n) is 10.3. The summed E-state index contributed by atoms with van der Waals surface area (Å²) in [5.41, 5.74) is 9.43. The highest BCUT2D eigenvalue weighted by Crippen LogP contribution is 2.46. The van der Waals surface area contributed by atoms with E-state index in [2.05, 4.69) is 20.3 Å². The smallest absolute Gasteiger partial charge is 0.382 e. The first-order valence-corrected chi connectivity index (χ1v) is 15.3. The van der Waals surface area contributed by atoms with Crippen LogP contribution in [-0.4, -0.2) is 75.6 Å². The van der Waals surface area contributed by atoms with Gasteiger partial charge in [0.1, 0.15) is 10.7 Å². The van der Waals surface area contributed by atoms with Crippen molar-refractivity contribution in [1.82, 2.24) is 34.5 Å². The lowest BCUT2D eigenvalue weighted by Crippen LogP contribution is -2.31. The monoisotopic (exact) mass is 594 g/mol. The summed E-state index contributed by atoms with van der Waals surface area (Å²) in [5.74, 6) is -1.39. The van der Waals surface area contributed by atoms with E-state index in [0.29, 0.717) is 49.5 Å². The average molecular weight is 595 g/mol. The van der Waals surface area contributed by atoms with Crippen LogP contribution >= 0.6 is 0 Å². The highest BCUT2D eigenvalue weighted by Gasteiger charge is 2.40. The SMILES string of the molecule is COCCO[C@@H]1CC[C@@H](c2nc3c(-c4cnn(-c5ccccc5)c4)cnn3c(N)c2S(C)(=O)=O)C(c2noc(=O)[nH]2)C1. The van der Waals surface area contributed by atoms with Crippen LogP contribution in [0.15, 0.2) is 63.1 Å². The minimum absolute atomic E-state index is 0.0509. The Hall–Kier alpha value is -4.34. The lowest BCUT2D eigenvalue weighted by molar-refractivity contribution is -0.00865. The Bertz CT molecular complexity index is 1880. The van der Waals surface area contributed by atoms with Crippen molar-refractivity contribution in [3.63, 3.8) is 0 Å². The minimum atomic E-state index is -3.85. The number of aromatic nitrogens is 7. The molecule has 0 aliphatic heterocycles. The number of ether oxygens (including phenoxy) is 2. The fraction of sp³-hybridized carbons (Fsp3) is 0.370. The van der Waals surface area contributed by atoms with E-state index in [1.807, 2.05) is 36.5 Å². The number of benzene rings is 1. The number of fused-ring (bicyclic) bond motifs is 1. The van der Waals surface area contributed by atoms with Gasteiger partial charge in [0.05, 0.1) is 43.1 Å². The molecule has 1 aliphatic carbocycles. The lowest BCUT2D eigenvalue weighted by atomic mass is 9.75. The average Bonchev–Trinajstić information content (AvgIpc) is 3.73. The number of sulfone groups is 1. The molecule has 220 valence electrons. The maximum atomic E-state index is 13.2. The Morgan fingerprint density at radius 3 is 2.64 bits per heavy atom. The van der Waals surface area contributed by atoms with Gasteiger partial charge in [-0.15, -0.1) is 0 Å². The molecular weight excluding hydrogens is 564 g/mol. The fourth-order valence-corrected chi connectivity index (χ4v) is 6.69. The zero-order valence-corrected chi connectivity index (χ0v) is 23.8. The Kier molecular flexibility index (Phi) is 7.38. The van der Waals surface area contributed by atoms with Crippen molar-refractivity contribution in [1.29, 1.82) is 0 Å². The van der Waals surface area contributed by atoms with Crippen LogP contribution in [0.25, 0.3) is 22.5 Å². The number of nitrogens with zero attached hydrogens (tertiary/aromatic N) is 6. The van der Waals surface area contributed by atoms with Crippen LogP contribution in [0.1, 0.15) is 42.6 Å². The van der Waals surface area contributed by atoms with Gasteiger partial charge in [0.25, 0.3) is 0 Å². The number of nitrogens with two attached hydrogens (primary N) is 1. The van der Waals surface area contributed by atoms with Gasteiger partial charge in [0.2, 0.25) is 0 Å². The molecule has 1 unspecified atom stereocenters. The summed E-state index contributed by atoms with van der Waals surface area (Å²) in [6.45, 7) is 0.832. The predicted molar refractivity (Wildman–Crippen MR) is 151 cm³/mol. The molecule has 0 saturated heterocycles. The van der Waals surface area contributed by atoms with Gasteiger partial charge < -0.3 is 15.2 Å². The van der Waals surface area contributed by atoms with E-state index >= 15 is 0 Å². The summed E-state index contributed by atoms with van der Waals surface area (Å²) in [6.07, 6.45) is 7.63. The molecule has 0 spiro atoms. The molecule has 1 aliphatic rings. The number of para-hydroxylation sites is 1. The minimum Gasteiger partial charge on any atom is -0.382 e. The topological polar surface area (TPSA) is 186 Å². The molecule has 6 rings (SSSR count). The summed E-state index contributed by atoms with van der Waals surface area (Å²) in [6, 6.07) is 9.63. The first-order valence-electron chi connectivity index (χ1n) is 13.4. The number of nitrogen functional groups attached to an aromatic ring is 1. The summed E-state index contributed by atoms with van der Waals surface area (Å²) in [5, 5.41) is 12.8. The Morgan fingerprint density at radius 2 is 1.93 bits per heavy atom. The third kappa shape index (κ3) is 5.21. The van der Waals surface area contributed by atoms with Crippen LogP contribution in [-0.2, 0) is 19.3 Å². The first-order chi connectivity index (χ1) is 20.2. The number of rotatable bonds is 9. The number of hydrogen-bond acceptors (Lipinski definition) is 11. The molecular formula is C27H30N8O6S. The number of nitrogens with one attached hydrogen (secondary N) is 1. The first kappa shape index (κ1) is 27.8. The van der Waals surface area contributed by atoms with Gasteiger partial charge in [-0.05, 0) is 31.4 Å². The van der Waals surface area contributed by atoms with Gasteiger partial charge in [0, 0.05) is 42.5 Å². The van der Waals surface area contributed by atoms with E-state index in [4.69, 9.17) is 24.7 Å². The van der Waals surface area contributed by atoms with E-state index in [-0.39, 0.29) is 22.5 Å². The maximum Gasteiger partial charge on any atom is 0.438 e. The molecule has 42 heavy (non-hydrogen) atoms. The third-order valence-corrected chi connectivity index (χ3v) is 8.71. The zero-order chi connectivity index (χ0) is 29.4. The molecule has 15 heteroatoms. The zero-order valence-electron chi connectivity index (χ0n) is 23.0. The van der Waals surface area contributed by atoms with Crippen molar-refractivity contribution in [3.8, 4) is 16.8 Å². The maximum absolute atomic E-state index is 13.2. The number of methoxy groups -OCH3 is 1. The molecule has 4 aromatic heterocycles. The van der Waals surface area contributed by atoms with Crippen molar-refractivity contribution in [2.24, 2.45) is 0 Å². The number of hydrogen-bond donors (Lipinski definition) is 2. The van der Waals surface area contributed by atoms with Crippen LogP contribution in [0.2, 0.25) is 0 Å². The molecule has 1 fully saturated rings. The van der Waals surface area contributed by atoms with Crippen molar-refractivity contribution in [3.05, 3.63) is 71.0 Å². The van der Waals surface area contributed by atoms with Gasteiger partial charge in [0.15, 0.2) is 21.3 Å². The Labute approximate surface area is 240 Å². The number of anilines is 1. The van der Waals surface area contributed by atoms with E-state index in [1.165, 1.54) is 4.52 Å². The summed E-state index contributed by atoms with van der Waals surface area (Å²) >= 11 is 0. The standard InChI is InChI=1S/C27H30N8O6S/c1-39-10-11-40-18-8-9-19(20(12-18)25-32-27(36)41-33-25)22-23(42(2,37)38)24(28)35-26(31-22)21(14-30-35)16-13-29-34(15-16)17-6-4-3-5-7-17/h3-7,13-15,18-20H,8-12,28H2,1-2H3,(H,32,33,36)/t18-,19-,20?/m1/s1. The van der Waals surface area contributed by atoms with Gasteiger partial charge in [-0.25, -0.2) is 22.9 Å².